The first-order chi connectivity index (χ1) is 14.4. The van der Waals surface area contributed by atoms with Gasteiger partial charge < -0.3 is 9.72 Å². The van der Waals surface area contributed by atoms with Crippen molar-refractivity contribution in [1.29, 1.82) is 0 Å². The third-order valence-corrected chi connectivity index (χ3v) is 4.45. The summed E-state index contributed by atoms with van der Waals surface area (Å²) in [6, 6.07) is 7.40. The van der Waals surface area contributed by atoms with Crippen LogP contribution in [0.4, 0.5) is 0 Å². The van der Waals surface area contributed by atoms with E-state index in [1.807, 2.05) is 25.1 Å². The van der Waals surface area contributed by atoms with Gasteiger partial charge in [0.1, 0.15) is 17.1 Å². The largest absolute Gasteiger partial charge is 0.483 e. The lowest BCUT2D eigenvalue weighted by molar-refractivity contribution is -0.130. The number of imidazole rings is 1. The maximum Gasteiger partial charge on any atom is 0.329 e. The highest BCUT2D eigenvalue weighted by Crippen LogP contribution is 2.17. The molecule has 0 aliphatic heterocycles. The lowest BCUT2D eigenvalue weighted by Crippen LogP contribution is -2.43. The molecule has 3 aromatic rings. The standard InChI is InChI=1S/C19H22N6O5/c1-3-11-6-4-5-7-12(11)30-10-15(27)24-23-14(26)9-8-13-20-16-17(21-13)25(2)19(29)22-18(16)28/h4-7H,3,8-10H2,1-2H3,(H,20,21)(H,23,26)(H,24,27)(H,22,28,29). The summed E-state index contributed by atoms with van der Waals surface area (Å²) in [5.74, 6) is 0.0496. The maximum atomic E-state index is 12.0. The summed E-state index contributed by atoms with van der Waals surface area (Å²) < 4.78 is 6.68. The second-order valence-corrected chi connectivity index (χ2v) is 6.55. The quantitative estimate of drug-likeness (QED) is 0.389. The van der Waals surface area contributed by atoms with E-state index in [4.69, 9.17) is 4.74 Å². The van der Waals surface area contributed by atoms with Gasteiger partial charge in [-0.1, -0.05) is 25.1 Å². The van der Waals surface area contributed by atoms with E-state index >= 15 is 0 Å². The summed E-state index contributed by atoms with van der Waals surface area (Å²) in [4.78, 5) is 56.4. The molecule has 0 fully saturated rings. The van der Waals surface area contributed by atoms with Crippen LogP contribution in [0.2, 0.25) is 0 Å². The van der Waals surface area contributed by atoms with Crippen molar-refractivity contribution in [3.8, 4) is 5.75 Å². The first kappa shape index (κ1) is 20.8. The highest BCUT2D eigenvalue weighted by Gasteiger charge is 2.12. The minimum atomic E-state index is -0.576. The number of benzene rings is 1. The molecule has 0 aliphatic carbocycles. The van der Waals surface area contributed by atoms with Gasteiger partial charge in [-0.3, -0.25) is 34.8 Å². The topological polar surface area (TPSA) is 151 Å². The van der Waals surface area contributed by atoms with Crippen LogP contribution in [0.3, 0.4) is 0 Å². The van der Waals surface area contributed by atoms with Crippen LogP contribution in [-0.2, 0) is 29.5 Å². The number of aromatic nitrogens is 4. The Kier molecular flexibility index (Phi) is 6.30. The number of hydrogen-bond donors (Lipinski definition) is 4. The molecule has 2 amide bonds. The molecule has 30 heavy (non-hydrogen) atoms. The smallest absolute Gasteiger partial charge is 0.329 e. The van der Waals surface area contributed by atoms with E-state index in [1.165, 1.54) is 11.6 Å². The summed E-state index contributed by atoms with van der Waals surface area (Å²) >= 11 is 0. The van der Waals surface area contributed by atoms with Gasteiger partial charge in [0.2, 0.25) is 5.91 Å². The summed E-state index contributed by atoms with van der Waals surface area (Å²) in [6.07, 6.45) is 0.964. The maximum absolute atomic E-state index is 12.0. The van der Waals surface area contributed by atoms with Gasteiger partial charge in [-0.25, -0.2) is 9.78 Å². The number of para-hydroxylation sites is 1. The number of H-pyrrole nitrogens is 2. The predicted octanol–water partition coefficient (Wildman–Crippen LogP) is -0.329. The third kappa shape index (κ3) is 4.74. The van der Waals surface area contributed by atoms with Crippen LogP contribution in [0, 0.1) is 0 Å². The molecule has 0 bridgehead atoms. The van der Waals surface area contributed by atoms with Gasteiger partial charge >= 0.3 is 5.69 Å². The average Bonchev–Trinajstić information content (AvgIpc) is 3.18. The van der Waals surface area contributed by atoms with Gasteiger partial charge in [-0.05, 0) is 18.1 Å². The van der Waals surface area contributed by atoms with Crippen molar-refractivity contribution in [3.05, 3.63) is 56.5 Å². The number of hydrogen-bond acceptors (Lipinski definition) is 6. The molecule has 158 valence electrons. The fraction of sp³-hybridized carbons (Fsp3) is 0.316. The predicted molar refractivity (Wildman–Crippen MR) is 108 cm³/mol. The van der Waals surface area contributed by atoms with E-state index in [0.717, 1.165) is 12.0 Å². The first-order valence-electron chi connectivity index (χ1n) is 9.35. The van der Waals surface area contributed by atoms with Gasteiger partial charge in [0, 0.05) is 19.9 Å². The molecular weight excluding hydrogens is 392 g/mol. The van der Waals surface area contributed by atoms with Gasteiger partial charge in [-0.2, -0.15) is 0 Å². The Hall–Kier alpha value is -3.89. The molecule has 11 heteroatoms. The fourth-order valence-electron chi connectivity index (χ4n) is 2.82. The zero-order chi connectivity index (χ0) is 21.7. The molecule has 0 atom stereocenters. The number of rotatable bonds is 7. The van der Waals surface area contributed by atoms with E-state index in [1.54, 1.807) is 6.07 Å². The number of carbonyl (C=O) groups excluding carboxylic acids is 2. The summed E-state index contributed by atoms with van der Waals surface area (Å²) in [6.45, 7) is 1.75. The molecular formula is C19H22N6O5. The van der Waals surface area contributed by atoms with Gasteiger partial charge in [0.05, 0.1) is 0 Å². The Labute approximate surface area is 170 Å². The lowest BCUT2D eigenvalue weighted by atomic mass is 10.1. The van der Waals surface area contributed by atoms with Crippen molar-refractivity contribution in [2.24, 2.45) is 7.05 Å². The van der Waals surface area contributed by atoms with E-state index in [9.17, 15) is 19.2 Å². The number of amides is 2. The van der Waals surface area contributed by atoms with Gasteiger partial charge in [0.15, 0.2) is 12.3 Å². The Morgan fingerprint density at radius 1 is 1.13 bits per heavy atom. The van der Waals surface area contributed by atoms with Crippen LogP contribution in [-0.4, -0.2) is 37.9 Å². The van der Waals surface area contributed by atoms with Crippen LogP contribution in [0.1, 0.15) is 24.7 Å². The highest BCUT2D eigenvalue weighted by molar-refractivity contribution is 5.82. The number of nitrogens with one attached hydrogen (secondary N) is 4. The number of fused-ring (bicyclic) bond motifs is 1. The molecule has 0 saturated heterocycles. The van der Waals surface area contributed by atoms with Gasteiger partial charge in [0.25, 0.3) is 11.5 Å². The first-order valence-corrected chi connectivity index (χ1v) is 9.35. The Balaban J connectivity index is 1.48. The van der Waals surface area contributed by atoms with Crippen molar-refractivity contribution in [1.82, 2.24) is 30.4 Å². The molecule has 0 aliphatic rings. The van der Waals surface area contributed by atoms with Crippen LogP contribution in [0.5, 0.6) is 5.75 Å². The number of carbonyl (C=O) groups is 2. The monoisotopic (exact) mass is 414 g/mol. The van der Waals surface area contributed by atoms with Crippen molar-refractivity contribution in [3.63, 3.8) is 0 Å². The molecule has 4 N–H and O–H groups in total. The van der Waals surface area contributed by atoms with Crippen molar-refractivity contribution in [2.75, 3.05) is 6.61 Å². The minimum Gasteiger partial charge on any atom is -0.483 e. The SMILES string of the molecule is CCc1ccccc1OCC(=O)NNC(=O)CCc1nc2c([nH]1)c(=O)[nH]c(=O)n2C. The number of nitrogens with zero attached hydrogens (tertiary/aromatic N) is 2. The van der Waals surface area contributed by atoms with Crippen LogP contribution < -0.4 is 26.8 Å². The fourth-order valence-corrected chi connectivity index (χ4v) is 2.82. The number of ether oxygens (including phenoxy) is 1. The van der Waals surface area contributed by atoms with Crippen LogP contribution in [0.25, 0.3) is 11.2 Å². The molecule has 0 spiro atoms. The van der Waals surface area contributed by atoms with Crippen LogP contribution >= 0.6 is 0 Å². The van der Waals surface area contributed by atoms with E-state index in [2.05, 4.69) is 25.8 Å². The van der Waals surface area contributed by atoms with Crippen molar-refractivity contribution in [2.45, 2.75) is 26.2 Å². The number of aromatic amines is 2. The van der Waals surface area contributed by atoms with E-state index < -0.39 is 23.1 Å². The second kappa shape index (κ2) is 9.07. The van der Waals surface area contributed by atoms with E-state index in [0.29, 0.717) is 11.6 Å². The molecule has 2 heterocycles. The molecule has 2 aromatic heterocycles. The van der Waals surface area contributed by atoms with Crippen LogP contribution in [0.15, 0.2) is 33.9 Å². The average molecular weight is 414 g/mol. The molecule has 3 rings (SSSR count). The van der Waals surface area contributed by atoms with E-state index in [-0.39, 0.29) is 30.6 Å². The highest BCUT2D eigenvalue weighted by atomic mass is 16.5. The van der Waals surface area contributed by atoms with Gasteiger partial charge in [-0.15, -0.1) is 0 Å². The molecule has 0 unspecified atom stereocenters. The summed E-state index contributed by atoms with van der Waals surface area (Å²) in [5.41, 5.74) is 4.78. The molecule has 0 radical (unpaired) electrons. The second-order valence-electron chi connectivity index (χ2n) is 6.55. The zero-order valence-electron chi connectivity index (χ0n) is 16.6. The normalized spacial score (nSPS) is 10.7. The molecule has 0 saturated carbocycles. The summed E-state index contributed by atoms with van der Waals surface area (Å²) in [7, 11) is 1.48. The third-order valence-electron chi connectivity index (χ3n) is 4.45. The molecule has 1 aromatic carbocycles. The number of hydrazine groups is 1. The molecule has 11 nitrogen and oxygen atoms in total. The van der Waals surface area contributed by atoms with Crippen molar-refractivity contribution >= 4 is 23.0 Å². The zero-order valence-corrected chi connectivity index (χ0v) is 16.6. The minimum absolute atomic E-state index is 0.00543. The van der Waals surface area contributed by atoms with Crippen molar-refractivity contribution < 1.29 is 14.3 Å². The summed E-state index contributed by atoms with van der Waals surface area (Å²) in [5, 5.41) is 0. The Morgan fingerprint density at radius 3 is 2.63 bits per heavy atom. The Bertz CT molecular complexity index is 1190. The number of aryl methyl sites for hydroxylation is 3. The lowest BCUT2D eigenvalue weighted by Gasteiger charge is -2.11. The Morgan fingerprint density at radius 2 is 1.87 bits per heavy atom.